The van der Waals surface area contributed by atoms with Gasteiger partial charge in [-0.25, -0.2) is 4.99 Å². The fourth-order valence-electron chi connectivity index (χ4n) is 5.14. The Morgan fingerprint density at radius 1 is 0.897 bits per heavy atom. The molecule has 1 N–H and O–H groups in total. The predicted octanol–water partition coefficient (Wildman–Crippen LogP) is 5.81. The molecule has 3 aromatic carbocycles. The number of hydrogen-bond donors (Lipinski definition) is 1. The molecule has 0 spiro atoms. The molecule has 1 amide bonds. The van der Waals surface area contributed by atoms with Crippen LogP contribution in [-0.4, -0.2) is 39.6 Å². The smallest absolute Gasteiger partial charge is 0.265 e. The van der Waals surface area contributed by atoms with Crippen LogP contribution in [0.3, 0.4) is 0 Å². The van der Waals surface area contributed by atoms with E-state index in [2.05, 4.69) is 46.6 Å². The number of amides is 1. The van der Waals surface area contributed by atoms with Gasteiger partial charge >= 0.3 is 0 Å². The second kappa shape index (κ2) is 11.0. The molecule has 1 aliphatic heterocycles. The minimum atomic E-state index is -0.938. The van der Waals surface area contributed by atoms with Crippen LogP contribution < -0.4 is 5.32 Å². The van der Waals surface area contributed by atoms with E-state index in [9.17, 15) is 4.79 Å². The van der Waals surface area contributed by atoms with Crippen molar-refractivity contribution in [2.45, 2.75) is 32.2 Å². The highest BCUT2D eigenvalue weighted by Crippen LogP contribution is 2.32. The first-order valence-corrected chi connectivity index (χ1v) is 13.2. The Morgan fingerprint density at radius 2 is 1.54 bits per heavy atom. The first-order chi connectivity index (χ1) is 19.2. The predicted molar refractivity (Wildman–Crippen MR) is 154 cm³/mol. The van der Waals surface area contributed by atoms with Gasteiger partial charge in [0.1, 0.15) is 0 Å². The summed E-state index contributed by atoms with van der Waals surface area (Å²) >= 11 is 0. The number of aliphatic imine (C=N–C) groups is 1. The van der Waals surface area contributed by atoms with Crippen LogP contribution in [0, 0.1) is 0 Å². The monoisotopic (exact) mass is 513 g/mol. The van der Waals surface area contributed by atoms with Crippen molar-refractivity contribution in [3.8, 4) is 11.5 Å². The van der Waals surface area contributed by atoms with E-state index in [-0.39, 0.29) is 18.7 Å². The minimum Gasteiger partial charge on any atom is -0.354 e. The summed E-state index contributed by atoms with van der Waals surface area (Å²) in [5.41, 5.74) is 5.57. The number of carbonyl (C=O) groups excluding carboxylic acids is 1. The molecule has 39 heavy (non-hydrogen) atoms. The van der Waals surface area contributed by atoms with Gasteiger partial charge in [0, 0.05) is 22.4 Å². The van der Waals surface area contributed by atoms with E-state index in [0.29, 0.717) is 12.2 Å². The Bertz CT molecular complexity index is 1550. The summed E-state index contributed by atoms with van der Waals surface area (Å²) in [7, 11) is 0. The van der Waals surface area contributed by atoms with Crippen molar-refractivity contribution in [2.75, 3.05) is 5.32 Å². The molecular weight excluding hydrogens is 485 g/mol. The van der Waals surface area contributed by atoms with Crippen molar-refractivity contribution >= 4 is 24.4 Å². The summed E-state index contributed by atoms with van der Waals surface area (Å²) in [6, 6.07) is 29.8. The Morgan fingerprint density at radius 3 is 2.26 bits per heavy atom. The Labute approximate surface area is 228 Å². The number of nitrogens with one attached hydrogen (secondary N) is 1. The molecule has 6 rings (SSSR count). The van der Waals surface area contributed by atoms with Crippen molar-refractivity contribution in [2.24, 2.45) is 4.99 Å². The second-order valence-corrected chi connectivity index (χ2v) is 9.71. The molecule has 0 bridgehead atoms. The van der Waals surface area contributed by atoms with Crippen molar-refractivity contribution < 1.29 is 9.32 Å². The molecule has 1 aliphatic carbocycles. The number of allylic oxidation sites excluding steroid dienone is 3. The summed E-state index contributed by atoms with van der Waals surface area (Å²) in [4.78, 5) is 25.7. The summed E-state index contributed by atoms with van der Waals surface area (Å²) in [5.74, 6) is 0.432. The van der Waals surface area contributed by atoms with Crippen LogP contribution in [0.2, 0.25) is 6.82 Å². The fourth-order valence-corrected chi connectivity index (χ4v) is 5.14. The number of benzene rings is 3. The molecule has 0 fully saturated rings. The fraction of sp³-hybridized carbons (Fsp3) is 0.161. The topological polar surface area (TPSA) is 83.6 Å². The molecule has 192 valence electrons. The average Bonchev–Trinajstić information content (AvgIpc) is 3.41. The average molecular weight is 513 g/mol. The maximum atomic E-state index is 14.3. The maximum absolute atomic E-state index is 14.3. The van der Waals surface area contributed by atoms with E-state index in [0.717, 1.165) is 41.0 Å². The Hall–Kier alpha value is -4.72. The highest BCUT2D eigenvalue weighted by Gasteiger charge is 2.38. The van der Waals surface area contributed by atoms with Crippen LogP contribution >= 0.6 is 0 Å². The molecule has 4 aromatic rings. The van der Waals surface area contributed by atoms with Crippen LogP contribution in [-0.2, 0) is 11.1 Å². The van der Waals surface area contributed by atoms with Gasteiger partial charge in [0.15, 0.2) is 0 Å². The number of carbonyl (C=O) groups is 1. The van der Waals surface area contributed by atoms with E-state index >= 15 is 0 Å². The molecule has 2 heterocycles. The van der Waals surface area contributed by atoms with Crippen molar-refractivity contribution in [3.63, 3.8) is 0 Å². The molecule has 1 aromatic heterocycles. The van der Waals surface area contributed by atoms with Gasteiger partial charge in [0.25, 0.3) is 24.6 Å². The first-order valence-electron chi connectivity index (χ1n) is 13.2. The summed E-state index contributed by atoms with van der Waals surface area (Å²) in [6.45, 7) is 1.98. The van der Waals surface area contributed by atoms with Gasteiger partial charge < -0.3 is 14.7 Å². The largest absolute Gasteiger partial charge is 0.354 e. The summed E-state index contributed by atoms with van der Waals surface area (Å²) < 4.78 is 5.50. The van der Waals surface area contributed by atoms with Crippen LogP contribution in [0.5, 0.6) is 0 Å². The maximum Gasteiger partial charge on any atom is 0.265 e. The van der Waals surface area contributed by atoms with Crippen LogP contribution in [0.15, 0.2) is 124 Å². The molecule has 7 nitrogen and oxygen atoms in total. The third-order valence-corrected chi connectivity index (χ3v) is 6.95. The summed E-state index contributed by atoms with van der Waals surface area (Å²) in [6.07, 6.45) is 5.89. The number of hydrogen-bond acceptors (Lipinski definition) is 6. The molecule has 8 heteroatoms. The van der Waals surface area contributed by atoms with E-state index in [1.165, 1.54) is 5.56 Å². The van der Waals surface area contributed by atoms with Crippen LogP contribution in [0.25, 0.3) is 11.5 Å². The van der Waals surface area contributed by atoms with Gasteiger partial charge in [-0.2, -0.15) is 4.98 Å². The second-order valence-electron chi connectivity index (χ2n) is 9.71. The highest BCUT2D eigenvalue weighted by atomic mass is 16.5. The molecule has 2 aliphatic rings. The number of rotatable bonds is 7. The SMILES string of the molecule is CB(Cc1ccccc1)N1C(=O)C(Nc2noc(-c3ccccc3)n2)N=C(c2ccccc2)C2=CCCC=C21. The van der Waals surface area contributed by atoms with Gasteiger partial charge in [-0.05, 0) is 36.5 Å². The quantitative estimate of drug-likeness (QED) is 0.315. The van der Waals surface area contributed by atoms with Crippen LogP contribution in [0.4, 0.5) is 5.95 Å². The lowest BCUT2D eigenvalue weighted by Gasteiger charge is -2.32. The van der Waals surface area contributed by atoms with Crippen molar-refractivity contribution in [1.29, 1.82) is 0 Å². The minimum absolute atomic E-state index is 0.104. The van der Waals surface area contributed by atoms with E-state index in [4.69, 9.17) is 9.52 Å². The highest BCUT2D eigenvalue weighted by molar-refractivity contribution is 6.58. The molecule has 1 atom stereocenters. The molecule has 1 unspecified atom stereocenters. The third kappa shape index (κ3) is 5.18. The van der Waals surface area contributed by atoms with Gasteiger partial charge in [-0.1, -0.05) is 103 Å². The third-order valence-electron chi connectivity index (χ3n) is 6.95. The Kier molecular flexibility index (Phi) is 6.91. The van der Waals surface area contributed by atoms with E-state index in [1.807, 2.05) is 83.7 Å². The van der Waals surface area contributed by atoms with Gasteiger partial charge in [0.05, 0.1) is 5.71 Å². The van der Waals surface area contributed by atoms with E-state index in [1.54, 1.807) is 0 Å². The lowest BCUT2D eigenvalue weighted by molar-refractivity contribution is -0.126. The number of nitrogens with zero attached hydrogens (tertiary/aromatic N) is 4. The normalized spacial score (nSPS) is 16.9. The standard InChI is InChI=1S/C31H28BN5O2/c1-32(21-22-13-5-2-6-14-22)37-26-20-12-11-19-25(26)27(23-15-7-3-8-16-23)33-28(30(37)38)34-31-35-29(39-36-31)24-17-9-4-10-18-24/h2-10,13-20,28H,11-12,21H2,1H3,(H,34,36). The molecular formula is C31H28BN5O2. The lowest BCUT2D eigenvalue weighted by Crippen LogP contribution is -2.48. The van der Waals surface area contributed by atoms with Gasteiger partial charge in [-0.3, -0.25) is 4.79 Å². The first kappa shape index (κ1) is 24.6. The van der Waals surface area contributed by atoms with Crippen molar-refractivity contribution in [3.05, 3.63) is 126 Å². The summed E-state index contributed by atoms with van der Waals surface area (Å²) in [5, 5.41) is 7.28. The zero-order chi connectivity index (χ0) is 26.6. The Balaban J connectivity index is 1.40. The number of aromatic nitrogens is 2. The zero-order valence-electron chi connectivity index (χ0n) is 21.7. The van der Waals surface area contributed by atoms with E-state index < -0.39 is 6.17 Å². The lowest BCUT2D eigenvalue weighted by atomic mass is 9.57. The van der Waals surface area contributed by atoms with Gasteiger partial charge in [-0.15, -0.1) is 0 Å². The molecule has 0 radical (unpaired) electrons. The van der Waals surface area contributed by atoms with Crippen LogP contribution in [0.1, 0.15) is 24.0 Å². The molecule has 0 saturated carbocycles. The van der Waals surface area contributed by atoms with Crippen molar-refractivity contribution in [1.82, 2.24) is 15.0 Å². The number of fused-ring (bicyclic) bond motifs is 1. The van der Waals surface area contributed by atoms with Gasteiger partial charge in [0.2, 0.25) is 6.17 Å². The molecule has 0 saturated heterocycles. The number of anilines is 1. The zero-order valence-corrected chi connectivity index (χ0v) is 21.7.